The lowest BCUT2D eigenvalue weighted by Crippen LogP contribution is -2.49. The molecule has 1 rings (SSSR count). The summed E-state index contributed by atoms with van der Waals surface area (Å²) in [6.07, 6.45) is 4.71. The van der Waals surface area contributed by atoms with E-state index in [0.717, 1.165) is 5.92 Å². The average molecular weight is 260 g/mol. The number of thioether (sulfide) groups is 1. The third-order valence-electron chi connectivity index (χ3n) is 3.93. The summed E-state index contributed by atoms with van der Waals surface area (Å²) in [5.41, 5.74) is 0. The highest BCUT2D eigenvalue weighted by molar-refractivity contribution is 7.99. The monoisotopic (exact) mass is 260 g/mol. The van der Waals surface area contributed by atoms with Crippen LogP contribution >= 0.6 is 11.8 Å². The fraction of sp³-hybridized carbons (Fsp3) is 1.00. The number of hydrogen-bond donors (Lipinski definition) is 2. The van der Waals surface area contributed by atoms with Crippen LogP contribution in [0.1, 0.15) is 26.7 Å². The zero-order chi connectivity index (χ0) is 12.8. The van der Waals surface area contributed by atoms with Gasteiger partial charge in [-0.1, -0.05) is 0 Å². The minimum Gasteiger partial charge on any atom is -0.395 e. The number of hydrogen-bond acceptors (Lipinski definition) is 4. The minimum absolute atomic E-state index is 0.257. The number of rotatable bonds is 6. The minimum atomic E-state index is 0.257. The van der Waals surface area contributed by atoms with E-state index in [-0.39, 0.29) is 6.61 Å². The van der Waals surface area contributed by atoms with Gasteiger partial charge < -0.3 is 15.3 Å². The molecule has 1 saturated heterocycles. The highest BCUT2D eigenvalue weighted by atomic mass is 32.2. The largest absolute Gasteiger partial charge is 0.395 e. The predicted octanol–water partition coefficient (Wildman–Crippen LogP) is 1.42. The highest BCUT2D eigenvalue weighted by Crippen LogP contribution is 2.20. The van der Waals surface area contributed by atoms with Crippen LogP contribution in [0.4, 0.5) is 0 Å². The third-order valence-corrected chi connectivity index (χ3v) is 5.10. The van der Waals surface area contributed by atoms with Gasteiger partial charge in [0.1, 0.15) is 0 Å². The van der Waals surface area contributed by atoms with Crippen molar-refractivity contribution in [3.63, 3.8) is 0 Å². The Balaban J connectivity index is 2.39. The fourth-order valence-corrected chi connectivity index (χ4v) is 3.35. The molecule has 0 bridgehead atoms. The molecule has 0 amide bonds. The lowest BCUT2D eigenvalue weighted by Gasteiger charge is -2.36. The first-order valence-corrected chi connectivity index (χ1v) is 7.95. The summed E-state index contributed by atoms with van der Waals surface area (Å²) in [7, 11) is 2.21. The molecule has 102 valence electrons. The predicted molar refractivity (Wildman–Crippen MR) is 76.7 cm³/mol. The second-order valence-electron chi connectivity index (χ2n) is 5.37. The van der Waals surface area contributed by atoms with Crippen molar-refractivity contribution in [1.82, 2.24) is 10.2 Å². The van der Waals surface area contributed by atoms with Crippen molar-refractivity contribution < 1.29 is 5.11 Å². The Hall–Kier alpha value is 0.230. The molecule has 2 N–H and O–H groups in total. The van der Waals surface area contributed by atoms with Crippen LogP contribution in [0.2, 0.25) is 0 Å². The molecule has 17 heavy (non-hydrogen) atoms. The number of aliphatic hydroxyl groups excluding tert-OH is 1. The van der Waals surface area contributed by atoms with Crippen LogP contribution in [0, 0.1) is 5.92 Å². The van der Waals surface area contributed by atoms with E-state index in [4.69, 9.17) is 0 Å². The standard InChI is InChI=1S/C13H28N2OS/c1-10(12-6-5-7-15(3)8-12)14-11(2)13(9-16)17-4/h10-14,16H,5-9H2,1-4H3. The summed E-state index contributed by atoms with van der Waals surface area (Å²) < 4.78 is 0. The Bertz CT molecular complexity index is 212. The molecule has 0 aromatic heterocycles. The lowest BCUT2D eigenvalue weighted by atomic mass is 9.91. The second kappa shape index (κ2) is 7.62. The van der Waals surface area contributed by atoms with Gasteiger partial charge >= 0.3 is 0 Å². The van der Waals surface area contributed by atoms with Gasteiger partial charge in [0.25, 0.3) is 0 Å². The Morgan fingerprint density at radius 1 is 1.47 bits per heavy atom. The molecule has 1 fully saturated rings. The molecular formula is C13H28N2OS. The number of piperidine rings is 1. The van der Waals surface area contributed by atoms with E-state index in [2.05, 4.69) is 37.4 Å². The van der Waals surface area contributed by atoms with Crippen molar-refractivity contribution in [2.75, 3.05) is 33.0 Å². The number of likely N-dealkylation sites (tertiary alicyclic amines) is 1. The molecule has 4 heteroatoms. The summed E-state index contributed by atoms with van der Waals surface area (Å²) >= 11 is 1.74. The summed E-state index contributed by atoms with van der Waals surface area (Å²) in [6.45, 7) is 7.16. The Labute approximate surface area is 110 Å². The molecule has 0 aromatic rings. The summed E-state index contributed by atoms with van der Waals surface area (Å²) in [6, 6.07) is 0.909. The van der Waals surface area contributed by atoms with E-state index in [0.29, 0.717) is 17.3 Å². The van der Waals surface area contributed by atoms with Crippen LogP contribution in [-0.4, -0.2) is 60.3 Å². The summed E-state index contributed by atoms with van der Waals surface area (Å²) in [4.78, 5) is 2.43. The van der Waals surface area contributed by atoms with Crippen molar-refractivity contribution in [2.45, 2.75) is 44.0 Å². The van der Waals surface area contributed by atoms with Crippen LogP contribution in [-0.2, 0) is 0 Å². The molecule has 4 unspecified atom stereocenters. The van der Waals surface area contributed by atoms with Gasteiger partial charge in [0.05, 0.1) is 6.61 Å². The molecule has 1 aliphatic rings. The summed E-state index contributed by atoms with van der Waals surface area (Å²) in [5, 5.41) is 13.3. The van der Waals surface area contributed by atoms with Gasteiger partial charge in [-0.2, -0.15) is 11.8 Å². The van der Waals surface area contributed by atoms with E-state index in [1.165, 1.54) is 25.9 Å². The van der Waals surface area contributed by atoms with Gasteiger partial charge in [-0.3, -0.25) is 0 Å². The molecule has 1 heterocycles. The zero-order valence-electron chi connectivity index (χ0n) is 11.6. The SMILES string of the molecule is CSC(CO)C(C)NC(C)C1CCCN(C)C1. The molecule has 0 spiro atoms. The first-order chi connectivity index (χ1) is 8.08. The molecule has 1 aliphatic heterocycles. The average Bonchev–Trinajstić information content (AvgIpc) is 2.30. The molecule has 3 nitrogen and oxygen atoms in total. The van der Waals surface area contributed by atoms with Gasteiger partial charge in [0.15, 0.2) is 0 Å². The van der Waals surface area contributed by atoms with Gasteiger partial charge in [-0.05, 0) is 52.5 Å². The zero-order valence-corrected chi connectivity index (χ0v) is 12.5. The second-order valence-corrected chi connectivity index (χ2v) is 6.44. The first kappa shape index (κ1) is 15.3. The van der Waals surface area contributed by atoms with Gasteiger partial charge in [-0.25, -0.2) is 0 Å². The highest BCUT2D eigenvalue weighted by Gasteiger charge is 2.25. The van der Waals surface area contributed by atoms with E-state index in [1.807, 2.05) is 0 Å². The quantitative estimate of drug-likeness (QED) is 0.757. The van der Waals surface area contributed by atoms with Crippen LogP contribution in [0.5, 0.6) is 0 Å². The number of nitrogens with one attached hydrogen (secondary N) is 1. The van der Waals surface area contributed by atoms with Gasteiger partial charge in [0, 0.05) is 23.9 Å². The van der Waals surface area contributed by atoms with E-state index in [9.17, 15) is 5.11 Å². The van der Waals surface area contributed by atoms with Crippen LogP contribution < -0.4 is 5.32 Å². The Morgan fingerprint density at radius 2 is 2.18 bits per heavy atom. The van der Waals surface area contributed by atoms with Crippen molar-refractivity contribution in [2.24, 2.45) is 5.92 Å². The maximum absolute atomic E-state index is 9.29. The van der Waals surface area contributed by atoms with Crippen molar-refractivity contribution in [1.29, 1.82) is 0 Å². The van der Waals surface area contributed by atoms with Gasteiger partial charge in [0.2, 0.25) is 0 Å². The van der Waals surface area contributed by atoms with Crippen molar-refractivity contribution in [3.05, 3.63) is 0 Å². The Morgan fingerprint density at radius 3 is 2.71 bits per heavy atom. The van der Waals surface area contributed by atoms with Crippen LogP contribution in [0.3, 0.4) is 0 Å². The number of aliphatic hydroxyl groups is 1. The molecular weight excluding hydrogens is 232 g/mol. The Kier molecular flexibility index (Phi) is 6.85. The summed E-state index contributed by atoms with van der Waals surface area (Å²) in [5.74, 6) is 0.748. The topological polar surface area (TPSA) is 35.5 Å². The van der Waals surface area contributed by atoms with E-state index in [1.54, 1.807) is 11.8 Å². The lowest BCUT2D eigenvalue weighted by molar-refractivity contribution is 0.170. The molecule has 4 atom stereocenters. The van der Waals surface area contributed by atoms with Crippen molar-refractivity contribution in [3.8, 4) is 0 Å². The fourth-order valence-electron chi connectivity index (χ4n) is 2.71. The molecule has 0 saturated carbocycles. The van der Waals surface area contributed by atoms with E-state index < -0.39 is 0 Å². The number of nitrogens with zero attached hydrogens (tertiary/aromatic N) is 1. The van der Waals surface area contributed by atoms with E-state index >= 15 is 0 Å². The molecule has 0 aliphatic carbocycles. The molecule has 0 radical (unpaired) electrons. The molecule has 0 aromatic carbocycles. The first-order valence-electron chi connectivity index (χ1n) is 6.66. The third kappa shape index (κ3) is 4.78. The maximum Gasteiger partial charge on any atom is 0.0564 e. The maximum atomic E-state index is 9.29. The van der Waals surface area contributed by atoms with Crippen LogP contribution in [0.25, 0.3) is 0 Å². The smallest absolute Gasteiger partial charge is 0.0564 e. The van der Waals surface area contributed by atoms with Crippen LogP contribution in [0.15, 0.2) is 0 Å². The van der Waals surface area contributed by atoms with Gasteiger partial charge in [-0.15, -0.1) is 0 Å². The normalized spacial score (nSPS) is 27.7. The van der Waals surface area contributed by atoms with Crippen molar-refractivity contribution >= 4 is 11.8 Å².